The van der Waals surface area contributed by atoms with Crippen LogP contribution in [0.25, 0.3) is 10.9 Å². The average Bonchev–Trinajstić information content (AvgIpc) is 3.04. The number of alkyl halides is 3. The molecule has 0 fully saturated rings. The molecule has 0 aliphatic heterocycles. The van der Waals surface area contributed by atoms with Crippen LogP contribution in [-0.2, 0) is 22.6 Å². The van der Waals surface area contributed by atoms with E-state index in [1.807, 2.05) is 24.3 Å². The summed E-state index contributed by atoms with van der Waals surface area (Å²) < 4.78 is 67.2. The van der Waals surface area contributed by atoms with Crippen LogP contribution in [-0.4, -0.2) is 19.4 Å². The second-order valence-corrected chi connectivity index (χ2v) is 8.67. The molecule has 3 rings (SSSR count). The number of sulfonamides is 1. The summed E-state index contributed by atoms with van der Waals surface area (Å²) in [6.07, 6.45) is -0.759. The van der Waals surface area contributed by atoms with Crippen LogP contribution in [0.3, 0.4) is 0 Å². The number of hydrogen-bond acceptors (Lipinski definition) is 2. The van der Waals surface area contributed by atoms with Crippen LogP contribution in [0, 0.1) is 0 Å². The van der Waals surface area contributed by atoms with E-state index in [9.17, 15) is 21.6 Å². The SMILES string of the molecule is C=CC[C@@H](Cc1c[nH]c2ccccc12)NS(=O)(=O)c1ccc(Cl)c(C(F)(F)F)c1. The van der Waals surface area contributed by atoms with Gasteiger partial charge in [0, 0.05) is 23.1 Å². The van der Waals surface area contributed by atoms with Gasteiger partial charge in [-0.25, -0.2) is 13.1 Å². The van der Waals surface area contributed by atoms with E-state index in [2.05, 4.69) is 16.3 Å². The Balaban J connectivity index is 1.89. The highest BCUT2D eigenvalue weighted by Gasteiger charge is 2.34. The highest BCUT2D eigenvalue weighted by Crippen LogP contribution is 2.36. The van der Waals surface area contributed by atoms with Crippen LogP contribution in [0.15, 0.2) is 66.2 Å². The topological polar surface area (TPSA) is 62.0 Å². The molecule has 0 spiro atoms. The summed E-state index contributed by atoms with van der Waals surface area (Å²) in [5.41, 5.74) is 0.608. The second kappa shape index (κ2) is 8.22. The zero-order chi connectivity index (χ0) is 21.2. The minimum absolute atomic E-state index is 0.304. The van der Waals surface area contributed by atoms with Gasteiger partial charge in [-0.1, -0.05) is 35.9 Å². The van der Waals surface area contributed by atoms with Gasteiger partial charge in [0.1, 0.15) is 0 Å². The normalized spacial score (nSPS) is 13.5. The maximum Gasteiger partial charge on any atom is 0.417 e. The lowest BCUT2D eigenvalue weighted by Crippen LogP contribution is -2.36. The minimum Gasteiger partial charge on any atom is -0.361 e. The van der Waals surface area contributed by atoms with Gasteiger partial charge >= 0.3 is 6.18 Å². The van der Waals surface area contributed by atoms with Gasteiger partial charge in [-0.2, -0.15) is 13.2 Å². The van der Waals surface area contributed by atoms with Crippen LogP contribution >= 0.6 is 11.6 Å². The monoisotopic (exact) mass is 442 g/mol. The number of benzene rings is 2. The molecule has 29 heavy (non-hydrogen) atoms. The molecule has 0 amide bonds. The number of rotatable bonds is 7. The number of aromatic amines is 1. The van der Waals surface area contributed by atoms with E-state index in [1.165, 1.54) is 0 Å². The summed E-state index contributed by atoms with van der Waals surface area (Å²) in [5, 5.41) is 0.393. The third-order valence-corrected chi connectivity index (χ3v) is 6.32. The number of halogens is 4. The van der Waals surface area contributed by atoms with Gasteiger partial charge in [-0.05, 0) is 42.7 Å². The second-order valence-electron chi connectivity index (χ2n) is 6.55. The predicted molar refractivity (Wildman–Crippen MR) is 107 cm³/mol. The first-order valence-electron chi connectivity index (χ1n) is 8.67. The maximum atomic E-state index is 13.1. The molecule has 2 aromatic carbocycles. The summed E-state index contributed by atoms with van der Waals surface area (Å²) in [6.45, 7) is 3.64. The first-order chi connectivity index (χ1) is 13.6. The van der Waals surface area contributed by atoms with Crippen molar-refractivity contribution in [2.75, 3.05) is 0 Å². The lowest BCUT2D eigenvalue weighted by molar-refractivity contribution is -0.137. The fourth-order valence-electron chi connectivity index (χ4n) is 3.12. The van der Waals surface area contributed by atoms with Gasteiger partial charge in [-0.3, -0.25) is 0 Å². The molecule has 4 nitrogen and oxygen atoms in total. The van der Waals surface area contributed by atoms with Gasteiger partial charge < -0.3 is 4.98 Å². The highest BCUT2D eigenvalue weighted by molar-refractivity contribution is 7.89. The zero-order valence-corrected chi connectivity index (χ0v) is 16.7. The third kappa shape index (κ3) is 4.83. The number of aromatic nitrogens is 1. The highest BCUT2D eigenvalue weighted by atomic mass is 35.5. The molecule has 1 aromatic heterocycles. The van der Waals surface area contributed by atoms with E-state index in [4.69, 9.17) is 11.6 Å². The molecule has 154 valence electrons. The van der Waals surface area contributed by atoms with Crippen molar-refractivity contribution >= 4 is 32.5 Å². The van der Waals surface area contributed by atoms with E-state index in [0.29, 0.717) is 18.9 Å². The van der Waals surface area contributed by atoms with Crippen molar-refractivity contribution in [3.63, 3.8) is 0 Å². The Labute approximate surface area is 171 Å². The molecule has 0 bridgehead atoms. The summed E-state index contributed by atoms with van der Waals surface area (Å²) >= 11 is 5.58. The van der Waals surface area contributed by atoms with Crippen molar-refractivity contribution in [1.29, 1.82) is 0 Å². The zero-order valence-electron chi connectivity index (χ0n) is 15.1. The molecule has 0 unspecified atom stereocenters. The van der Waals surface area contributed by atoms with E-state index >= 15 is 0 Å². The Hall–Kier alpha value is -2.29. The first-order valence-corrected chi connectivity index (χ1v) is 10.5. The Kier molecular flexibility index (Phi) is 6.07. The molecule has 0 aliphatic rings. The third-order valence-electron chi connectivity index (χ3n) is 4.47. The fraction of sp³-hybridized carbons (Fsp3) is 0.200. The maximum absolute atomic E-state index is 13.1. The Bertz CT molecular complexity index is 1140. The molecule has 0 saturated heterocycles. The molecule has 2 N–H and O–H groups in total. The number of H-pyrrole nitrogens is 1. The standard InChI is InChI=1S/C20H18ClF3N2O2S/c1-2-5-14(10-13-12-25-19-7-4-3-6-16(13)19)26-29(27,28)15-8-9-18(21)17(11-15)20(22,23)24/h2-4,6-9,11-12,14,25-26H,1,5,10H2/t14-/m0/s1. The van der Waals surface area contributed by atoms with Crippen LogP contribution in [0.5, 0.6) is 0 Å². The Morgan fingerprint density at radius 1 is 1.21 bits per heavy atom. The van der Waals surface area contributed by atoms with Gasteiger partial charge in [0.2, 0.25) is 10.0 Å². The van der Waals surface area contributed by atoms with Gasteiger partial charge in [-0.15, -0.1) is 6.58 Å². The molecule has 1 atom stereocenters. The van der Waals surface area contributed by atoms with E-state index in [0.717, 1.165) is 28.6 Å². The number of fused-ring (bicyclic) bond motifs is 1. The predicted octanol–water partition coefficient (Wildman–Crippen LogP) is 5.31. The van der Waals surface area contributed by atoms with Crippen molar-refractivity contribution in [1.82, 2.24) is 9.71 Å². The molecule has 1 heterocycles. The number of nitrogens with one attached hydrogen (secondary N) is 2. The van der Waals surface area contributed by atoms with Gasteiger partial charge in [0.25, 0.3) is 0 Å². The molecule has 9 heteroatoms. The quantitative estimate of drug-likeness (QED) is 0.487. The summed E-state index contributed by atoms with van der Waals surface area (Å²) in [5.74, 6) is 0. The summed E-state index contributed by atoms with van der Waals surface area (Å²) in [7, 11) is -4.20. The van der Waals surface area contributed by atoms with Crippen molar-refractivity contribution < 1.29 is 21.6 Å². The Morgan fingerprint density at radius 2 is 1.93 bits per heavy atom. The molecular formula is C20H18ClF3N2O2S. The summed E-state index contributed by atoms with van der Waals surface area (Å²) in [4.78, 5) is 2.62. The smallest absolute Gasteiger partial charge is 0.361 e. The van der Waals surface area contributed by atoms with Crippen LogP contribution in [0.2, 0.25) is 5.02 Å². The fourth-order valence-corrected chi connectivity index (χ4v) is 4.62. The largest absolute Gasteiger partial charge is 0.417 e. The molecule has 0 radical (unpaired) electrons. The van der Waals surface area contributed by atoms with Crippen molar-refractivity contribution in [2.45, 2.75) is 30.0 Å². The summed E-state index contributed by atoms with van der Waals surface area (Å²) in [6, 6.07) is 9.51. The van der Waals surface area contributed by atoms with Gasteiger partial charge in [0.15, 0.2) is 0 Å². The Morgan fingerprint density at radius 3 is 2.62 bits per heavy atom. The first kappa shape index (κ1) is 21.4. The lowest BCUT2D eigenvalue weighted by atomic mass is 10.0. The van der Waals surface area contributed by atoms with E-state index < -0.39 is 37.7 Å². The van der Waals surface area contributed by atoms with E-state index in [-0.39, 0.29) is 0 Å². The molecule has 3 aromatic rings. The lowest BCUT2D eigenvalue weighted by Gasteiger charge is -2.18. The van der Waals surface area contributed by atoms with Crippen molar-refractivity contribution in [2.24, 2.45) is 0 Å². The minimum atomic E-state index is -4.76. The van der Waals surface area contributed by atoms with Crippen molar-refractivity contribution in [3.05, 3.63) is 77.5 Å². The molecule has 0 saturated carbocycles. The van der Waals surface area contributed by atoms with E-state index in [1.54, 1.807) is 12.3 Å². The van der Waals surface area contributed by atoms with Crippen LogP contribution in [0.1, 0.15) is 17.5 Å². The average molecular weight is 443 g/mol. The van der Waals surface area contributed by atoms with Gasteiger partial charge in [0.05, 0.1) is 15.5 Å². The van der Waals surface area contributed by atoms with Crippen LogP contribution < -0.4 is 4.72 Å². The number of hydrogen-bond donors (Lipinski definition) is 2. The molecule has 0 aliphatic carbocycles. The van der Waals surface area contributed by atoms with Crippen LogP contribution in [0.4, 0.5) is 13.2 Å². The molecular weight excluding hydrogens is 425 g/mol. The van der Waals surface area contributed by atoms with Crippen molar-refractivity contribution in [3.8, 4) is 0 Å². The number of para-hydroxylation sites is 1.